The molecule has 0 aromatic carbocycles. The summed E-state index contributed by atoms with van der Waals surface area (Å²) < 4.78 is 8.08. The van der Waals surface area contributed by atoms with E-state index in [9.17, 15) is 4.79 Å². The predicted molar refractivity (Wildman–Crippen MR) is 51.7 cm³/mol. The molecule has 0 aromatic heterocycles. The summed E-state index contributed by atoms with van der Waals surface area (Å²) in [7, 11) is 0. The number of nitrogens with zero attached hydrogens (tertiary/aromatic N) is 1. The molecule has 0 heterocycles. The minimum absolute atomic E-state index is 0.0818. The lowest BCUT2D eigenvalue weighted by Crippen LogP contribution is -2.37. The maximum absolute atomic E-state index is 11.0. The monoisotopic (exact) mass is 207 g/mol. The van der Waals surface area contributed by atoms with Crippen LogP contribution in [0.4, 0.5) is 4.79 Å². The third-order valence-corrected chi connectivity index (χ3v) is 1.14. The standard InChI is InChI=1S/C7H14ClN3O2/c1-7(2,3)13-6(12)10-4-5(9)11-8/h4H2,1-3H3,(H2,9,11)(H,10,12). The van der Waals surface area contributed by atoms with Crippen LogP contribution in [-0.2, 0) is 4.74 Å². The Hall–Kier alpha value is -0.970. The van der Waals surface area contributed by atoms with Gasteiger partial charge in [-0.15, -0.1) is 0 Å². The van der Waals surface area contributed by atoms with Crippen molar-refractivity contribution in [2.24, 2.45) is 10.2 Å². The number of alkyl carbamates (subject to hydrolysis) is 1. The lowest BCUT2D eigenvalue weighted by molar-refractivity contribution is 0.0536. The van der Waals surface area contributed by atoms with Crippen molar-refractivity contribution in [3.05, 3.63) is 0 Å². The molecule has 0 radical (unpaired) electrons. The predicted octanol–water partition coefficient (Wildman–Crippen LogP) is 1.02. The van der Waals surface area contributed by atoms with Gasteiger partial charge in [-0.3, -0.25) is 0 Å². The topological polar surface area (TPSA) is 76.7 Å². The minimum atomic E-state index is -0.546. The van der Waals surface area contributed by atoms with Gasteiger partial charge in [-0.25, -0.2) is 4.79 Å². The molecule has 0 spiro atoms. The highest BCUT2D eigenvalue weighted by atomic mass is 35.5. The Bertz CT molecular complexity index is 210. The van der Waals surface area contributed by atoms with E-state index in [0.29, 0.717) is 0 Å². The zero-order valence-corrected chi connectivity index (χ0v) is 8.68. The van der Waals surface area contributed by atoms with Crippen LogP contribution in [0, 0.1) is 0 Å². The Balaban J connectivity index is 3.77. The summed E-state index contributed by atoms with van der Waals surface area (Å²) in [6.45, 7) is 5.39. The fourth-order valence-corrected chi connectivity index (χ4v) is 0.567. The molecule has 0 fully saturated rings. The second kappa shape index (κ2) is 4.91. The van der Waals surface area contributed by atoms with Crippen LogP contribution in [0.15, 0.2) is 4.51 Å². The van der Waals surface area contributed by atoms with Crippen LogP contribution in [0.3, 0.4) is 0 Å². The van der Waals surface area contributed by atoms with Gasteiger partial charge >= 0.3 is 6.09 Å². The van der Waals surface area contributed by atoms with Crippen LogP contribution in [0.2, 0.25) is 0 Å². The first-order chi connectivity index (χ1) is 5.85. The fraction of sp³-hybridized carbons (Fsp3) is 0.714. The van der Waals surface area contributed by atoms with Gasteiger partial charge in [0.1, 0.15) is 11.4 Å². The Morgan fingerprint density at radius 2 is 2.15 bits per heavy atom. The molecule has 0 aliphatic heterocycles. The van der Waals surface area contributed by atoms with Crippen LogP contribution in [0.1, 0.15) is 20.8 Å². The molecular weight excluding hydrogens is 194 g/mol. The molecule has 5 nitrogen and oxygen atoms in total. The molecule has 0 bridgehead atoms. The number of nitrogens with two attached hydrogens (primary N) is 1. The van der Waals surface area contributed by atoms with E-state index in [1.165, 1.54) is 0 Å². The largest absolute Gasteiger partial charge is 0.444 e. The van der Waals surface area contributed by atoms with Crippen molar-refractivity contribution in [3.63, 3.8) is 0 Å². The Kier molecular flexibility index (Phi) is 4.55. The van der Waals surface area contributed by atoms with E-state index >= 15 is 0 Å². The van der Waals surface area contributed by atoms with E-state index in [4.69, 9.17) is 22.2 Å². The number of carbonyl (C=O) groups excluding carboxylic acids is 1. The third-order valence-electron chi connectivity index (χ3n) is 0.921. The molecule has 6 heteroatoms. The molecule has 76 valence electrons. The third kappa shape index (κ3) is 7.39. The molecule has 0 aliphatic rings. The maximum Gasteiger partial charge on any atom is 0.408 e. The number of ether oxygens (including phenoxy) is 1. The van der Waals surface area contributed by atoms with Crippen molar-refractivity contribution >= 4 is 23.7 Å². The number of hydrogen-bond acceptors (Lipinski definition) is 3. The Morgan fingerprint density at radius 1 is 1.62 bits per heavy atom. The summed E-state index contributed by atoms with van der Waals surface area (Å²) in [5, 5.41) is 2.39. The lowest BCUT2D eigenvalue weighted by atomic mass is 10.2. The zero-order valence-electron chi connectivity index (χ0n) is 7.93. The normalized spacial score (nSPS) is 12.5. The van der Waals surface area contributed by atoms with Crippen LogP contribution in [-0.4, -0.2) is 24.1 Å². The molecule has 3 N–H and O–H groups in total. The van der Waals surface area contributed by atoms with Gasteiger partial charge in [-0.05, 0) is 20.8 Å². The summed E-state index contributed by atoms with van der Waals surface area (Å²) in [6.07, 6.45) is -0.546. The SMILES string of the molecule is CC(C)(C)OC(=O)NCC(N)=NCl. The molecule has 0 rings (SSSR count). The highest BCUT2D eigenvalue weighted by molar-refractivity contribution is 6.19. The quantitative estimate of drug-likeness (QED) is 0.524. The molecule has 1 amide bonds. The maximum atomic E-state index is 11.0. The van der Waals surface area contributed by atoms with Crippen LogP contribution < -0.4 is 11.1 Å². The Labute approximate surface area is 82.4 Å². The van der Waals surface area contributed by atoms with Crippen molar-refractivity contribution in [2.45, 2.75) is 26.4 Å². The highest BCUT2D eigenvalue weighted by Gasteiger charge is 2.15. The second-order valence-electron chi connectivity index (χ2n) is 3.43. The average molecular weight is 208 g/mol. The van der Waals surface area contributed by atoms with Gasteiger partial charge in [0.2, 0.25) is 0 Å². The zero-order chi connectivity index (χ0) is 10.5. The summed E-state index contributed by atoms with van der Waals surface area (Å²) in [4.78, 5) is 11.0. The molecule has 0 saturated carbocycles. The fourth-order valence-electron chi connectivity index (χ4n) is 0.507. The van der Waals surface area contributed by atoms with Gasteiger partial charge in [-0.2, -0.15) is 4.51 Å². The number of nitrogens with one attached hydrogen (secondary N) is 1. The van der Waals surface area contributed by atoms with E-state index in [2.05, 4.69) is 9.83 Å². The summed E-state index contributed by atoms with van der Waals surface area (Å²) in [5.41, 5.74) is 4.72. The minimum Gasteiger partial charge on any atom is -0.444 e. The van der Waals surface area contributed by atoms with E-state index < -0.39 is 11.7 Å². The molecule has 0 unspecified atom stereocenters. The van der Waals surface area contributed by atoms with Gasteiger partial charge < -0.3 is 15.8 Å². The average Bonchev–Trinajstić information content (AvgIpc) is 1.97. The van der Waals surface area contributed by atoms with E-state index in [1.54, 1.807) is 20.8 Å². The van der Waals surface area contributed by atoms with Gasteiger partial charge in [0.15, 0.2) is 0 Å². The summed E-state index contributed by atoms with van der Waals surface area (Å²) in [6, 6.07) is 0. The molecular formula is C7H14ClN3O2. The number of carbonyl (C=O) groups is 1. The molecule has 0 saturated heterocycles. The van der Waals surface area contributed by atoms with Gasteiger partial charge in [-0.1, -0.05) is 0 Å². The van der Waals surface area contributed by atoms with E-state index in [1.807, 2.05) is 0 Å². The number of hydrogen-bond donors (Lipinski definition) is 2. The number of amidine groups is 1. The van der Waals surface area contributed by atoms with E-state index in [-0.39, 0.29) is 12.4 Å². The van der Waals surface area contributed by atoms with Gasteiger partial charge in [0.05, 0.1) is 6.54 Å². The van der Waals surface area contributed by atoms with Crippen LogP contribution in [0.5, 0.6) is 0 Å². The van der Waals surface area contributed by atoms with Crippen molar-refractivity contribution in [1.29, 1.82) is 0 Å². The van der Waals surface area contributed by atoms with Gasteiger partial charge in [0.25, 0.3) is 0 Å². The van der Waals surface area contributed by atoms with Crippen molar-refractivity contribution in [2.75, 3.05) is 6.54 Å². The Morgan fingerprint density at radius 3 is 2.54 bits per heavy atom. The highest BCUT2D eigenvalue weighted by Crippen LogP contribution is 2.05. The molecule has 0 aromatic rings. The first-order valence-corrected chi connectivity index (χ1v) is 4.09. The smallest absolute Gasteiger partial charge is 0.408 e. The molecule has 13 heavy (non-hydrogen) atoms. The first kappa shape index (κ1) is 12.0. The lowest BCUT2D eigenvalue weighted by Gasteiger charge is -2.19. The summed E-state index contributed by atoms with van der Waals surface area (Å²) >= 11 is 5.04. The van der Waals surface area contributed by atoms with Crippen molar-refractivity contribution < 1.29 is 9.53 Å². The van der Waals surface area contributed by atoms with Crippen LogP contribution >= 0.6 is 11.8 Å². The number of rotatable bonds is 2. The van der Waals surface area contributed by atoms with Gasteiger partial charge in [0, 0.05) is 11.8 Å². The number of amides is 1. The molecule has 0 aliphatic carbocycles. The number of halogens is 1. The van der Waals surface area contributed by atoms with Crippen molar-refractivity contribution in [3.8, 4) is 0 Å². The van der Waals surface area contributed by atoms with E-state index in [0.717, 1.165) is 0 Å². The first-order valence-electron chi connectivity index (χ1n) is 3.75. The van der Waals surface area contributed by atoms with Crippen molar-refractivity contribution in [1.82, 2.24) is 5.32 Å². The second-order valence-corrected chi connectivity index (χ2v) is 3.60. The summed E-state index contributed by atoms with van der Waals surface area (Å²) in [5.74, 6) is 0.132. The van der Waals surface area contributed by atoms with Crippen LogP contribution in [0.25, 0.3) is 0 Å². The molecule has 0 atom stereocenters.